The number of benzene rings is 1. The van der Waals surface area contributed by atoms with Crippen molar-refractivity contribution in [3.63, 3.8) is 0 Å². The molecule has 1 aromatic carbocycles. The lowest BCUT2D eigenvalue weighted by Crippen LogP contribution is -2.16. The molecular weight excluding hydrogens is 242 g/mol. The van der Waals surface area contributed by atoms with E-state index in [1.165, 1.54) is 4.88 Å². The second kappa shape index (κ2) is 4.55. The largest absolute Gasteiger partial charge is 0.328 e. The molecule has 0 aliphatic carbocycles. The van der Waals surface area contributed by atoms with Gasteiger partial charge in [0.15, 0.2) is 5.82 Å². The average Bonchev–Trinajstić information content (AvgIpc) is 3.04. The van der Waals surface area contributed by atoms with Crippen molar-refractivity contribution in [3.8, 4) is 10.7 Å². The van der Waals surface area contributed by atoms with Crippen LogP contribution in [0, 0.1) is 0 Å². The first-order valence-electron chi connectivity index (χ1n) is 6.02. The highest BCUT2D eigenvalue weighted by Gasteiger charge is 2.16. The van der Waals surface area contributed by atoms with Crippen molar-refractivity contribution in [2.45, 2.75) is 13.0 Å². The van der Waals surface area contributed by atoms with Gasteiger partial charge >= 0.3 is 0 Å². The fourth-order valence-corrected chi connectivity index (χ4v) is 2.89. The third kappa shape index (κ3) is 1.74. The minimum Gasteiger partial charge on any atom is -0.328 e. The van der Waals surface area contributed by atoms with E-state index in [1.807, 2.05) is 18.2 Å². The zero-order chi connectivity index (χ0) is 12.5. The van der Waals surface area contributed by atoms with Gasteiger partial charge in [-0.15, -0.1) is 11.3 Å². The van der Waals surface area contributed by atoms with Gasteiger partial charge in [0.2, 0.25) is 0 Å². The van der Waals surface area contributed by atoms with E-state index in [4.69, 9.17) is 10.7 Å². The summed E-state index contributed by atoms with van der Waals surface area (Å²) < 4.78 is 2.24. The number of nitrogens with zero attached hydrogens (tertiary/aromatic N) is 2. The summed E-state index contributed by atoms with van der Waals surface area (Å²) in [6.45, 7) is 2.74. The summed E-state index contributed by atoms with van der Waals surface area (Å²) in [4.78, 5) is 5.93. The summed E-state index contributed by atoms with van der Waals surface area (Å²) in [5.41, 5.74) is 8.01. The topological polar surface area (TPSA) is 43.8 Å². The normalized spacial score (nSPS) is 13.0. The standard InChI is InChI=1S/C14H15N3S/c1-10(9-15)17-12-6-3-2-5-11(12)16-14(17)13-7-4-8-18-13/h2-8,10H,9,15H2,1H3. The number of imidazole rings is 1. The second-order valence-electron chi connectivity index (χ2n) is 4.36. The van der Waals surface area contributed by atoms with E-state index in [-0.39, 0.29) is 6.04 Å². The third-order valence-electron chi connectivity index (χ3n) is 3.12. The number of rotatable bonds is 3. The monoisotopic (exact) mass is 257 g/mol. The maximum atomic E-state index is 5.83. The van der Waals surface area contributed by atoms with E-state index < -0.39 is 0 Å². The van der Waals surface area contributed by atoms with Crippen molar-refractivity contribution < 1.29 is 0 Å². The van der Waals surface area contributed by atoms with Crippen LogP contribution < -0.4 is 5.73 Å². The Balaban J connectivity index is 2.30. The molecule has 0 saturated carbocycles. The van der Waals surface area contributed by atoms with Gasteiger partial charge < -0.3 is 10.3 Å². The molecule has 3 aromatic rings. The molecule has 0 bridgehead atoms. The van der Waals surface area contributed by atoms with Crippen LogP contribution in [0.5, 0.6) is 0 Å². The Morgan fingerprint density at radius 2 is 2.11 bits per heavy atom. The lowest BCUT2D eigenvalue weighted by Gasteiger charge is -2.14. The predicted octanol–water partition coefficient (Wildman–Crippen LogP) is 3.28. The van der Waals surface area contributed by atoms with E-state index >= 15 is 0 Å². The molecule has 3 nitrogen and oxygen atoms in total. The van der Waals surface area contributed by atoms with Crippen LogP contribution in [0.15, 0.2) is 41.8 Å². The highest BCUT2D eigenvalue weighted by molar-refractivity contribution is 7.13. The van der Waals surface area contributed by atoms with Crippen molar-refractivity contribution in [1.29, 1.82) is 0 Å². The van der Waals surface area contributed by atoms with E-state index in [2.05, 4.69) is 35.1 Å². The molecule has 2 aromatic heterocycles. The second-order valence-corrected chi connectivity index (χ2v) is 5.30. The molecule has 0 aliphatic heterocycles. The number of nitrogens with two attached hydrogens (primary N) is 1. The molecule has 2 heterocycles. The van der Waals surface area contributed by atoms with Gasteiger partial charge in [-0.1, -0.05) is 18.2 Å². The Bertz CT molecular complexity index is 655. The Kier molecular flexibility index (Phi) is 2.89. The van der Waals surface area contributed by atoms with Crippen molar-refractivity contribution >= 4 is 22.4 Å². The Morgan fingerprint density at radius 3 is 2.83 bits per heavy atom. The first kappa shape index (κ1) is 11.4. The van der Waals surface area contributed by atoms with Gasteiger partial charge in [0.05, 0.1) is 15.9 Å². The van der Waals surface area contributed by atoms with Gasteiger partial charge in [-0.25, -0.2) is 4.98 Å². The fraction of sp³-hybridized carbons (Fsp3) is 0.214. The molecular formula is C14H15N3S. The maximum absolute atomic E-state index is 5.83. The van der Waals surface area contributed by atoms with Gasteiger partial charge in [-0.05, 0) is 30.5 Å². The van der Waals surface area contributed by atoms with Crippen LogP contribution in [0.3, 0.4) is 0 Å². The summed E-state index contributed by atoms with van der Waals surface area (Å²) in [5, 5.41) is 2.08. The van der Waals surface area contributed by atoms with Crippen molar-refractivity contribution in [3.05, 3.63) is 41.8 Å². The van der Waals surface area contributed by atoms with E-state index in [9.17, 15) is 0 Å². The summed E-state index contributed by atoms with van der Waals surface area (Å²) in [5.74, 6) is 1.02. The number of hydrogen-bond acceptors (Lipinski definition) is 3. The van der Waals surface area contributed by atoms with E-state index in [0.717, 1.165) is 16.9 Å². The lowest BCUT2D eigenvalue weighted by atomic mass is 10.2. The highest BCUT2D eigenvalue weighted by Crippen LogP contribution is 2.30. The summed E-state index contributed by atoms with van der Waals surface area (Å²) in [6, 6.07) is 12.6. The number of hydrogen-bond donors (Lipinski definition) is 1. The number of aromatic nitrogens is 2. The summed E-state index contributed by atoms with van der Waals surface area (Å²) >= 11 is 1.71. The number of para-hydroxylation sites is 2. The fourth-order valence-electron chi connectivity index (χ4n) is 2.18. The molecule has 18 heavy (non-hydrogen) atoms. The van der Waals surface area contributed by atoms with E-state index in [0.29, 0.717) is 6.54 Å². The first-order chi connectivity index (χ1) is 8.81. The molecule has 0 saturated heterocycles. The van der Waals surface area contributed by atoms with Crippen LogP contribution >= 0.6 is 11.3 Å². The average molecular weight is 257 g/mol. The molecule has 1 unspecified atom stereocenters. The zero-order valence-corrected chi connectivity index (χ0v) is 11.0. The van der Waals surface area contributed by atoms with Gasteiger partial charge in [0, 0.05) is 12.6 Å². The molecule has 4 heteroatoms. The molecule has 1 atom stereocenters. The van der Waals surface area contributed by atoms with Crippen molar-refractivity contribution in [2.75, 3.05) is 6.54 Å². The van der Waals surface area contributed by atoms with Gasteiger partial charge in [0.25, 0.3) is 0 Å². The molecule has 92 valence electrons. The lowest BCUT2D eigenvalue weighted by molar-refractivity contribution is 0.579. The molecule has 0 amide bonds. The molecule has 0 fully saturated rings. The van der Waals surface area contributed by atoms with Crippen LogP contribution in [0.25, 0.3) is 21.7 Å². The number of thiophene rings is 1. The first-order valence-corrected chi connectivity index (χ1v) is 6.90. The molecule has 2 N–H and O–H groups in total. The van der Waals surface area contributed by atoms with Crippen LogP contribution in [0.4, 0.5) is 0 Å². The van der Waals surface area contributed by atoms with Gasteiger partial charge in [-0.3, -0.25) is 0 Å². The number of fused-ring (bicyclic) bond motifs is 1. The molecule has 3 rings (SSSR count). The SMILES string of the molecule is CC(CN)n1c(-c2cccs2)nc2ccccc21. The Morgan fingerprint density at radius 1 is 1.28 bits per heavy atom. The van der Waals surface area contributed by atoms with Gasteiger partial charge in [0.1, 0.15) is 0 Å². The van der Waals surface area contributed by atoms with E-state index in [1.54, 1.807) is 11.3 Å². The van der Waals surface area contributed by atoms with Crippen LogP contribution in [-0.2, 0) is 0 Å². The quantitative estimate of drug-likeness (QED) is 0.782. The smallest absolute Gasteiger partial charge is 0.151 e. The van der Waals surface area contributed by atoms with Crippen molar-refractivity contribution in [2.24, 2.45) is 5.73 Å². The zero-order valence-electron chi connectivity index (χ0n) is 10.2. The minimum absolute atomic E-state index is 0.245. The Hall–Kier alpha value is -1.65. The molecule has 0 radical (unpaired) electrons. The van der Waals surface area contributed by atoms with Gasteiger partial charge in [-0.2, -0.15) is 0 Å². The van der Waals surface area contributed by atoms with Crippen LogP contribution in [-0.4, -0.2) is 16.1 Å². The maximum Gasteiger partial charge on any atom is 0.151 e. The molecule has 0 spiro atoms. The Labute approximate surface area is 110 Å². The summed E-state index contributed by atoms with van der Waals surface area (Å²) in [7, 11) is 0. The van der Waals surface area contributed by atoms with Crippen LogP contribution in [0.2, 0.25) is 0 Å². The summed E-state index contributed by atoms with van der Waals surface area (Å²) in [6.07, 6.45) is 0. The minimum atomic E-state index is 0.245. The predicted molar refractivity (Wildman–Crippen MR) is 76.8 cm³/mol. The molecule has 0 aliphatic rings. The highest BCUT2D eigenvalue weighted by atomic mass is 32.1. The van der Waals surface area contributed by atoms with Crippen molar-refractivity contribution in [1.82, 2.24) is 9.55 Å². The third-order valence-corrected chi connectivity index (χ3v) is 3.99. The van der Waals surface area contributed by atoms with Crippen LogP contribution in [0.1, 0.15) is 13.0 Å².